The number of rotatable bonds is 8. The second-order valence-electron chi connectivity index (χ2n) is 14.5. The molecule has 5 aromatic carbocycles. The third-order valence-corrected chi connectivity index (χ3v) is 15.8. The Morgan fingerprint density at radius 1 is 0.492 bits per heavy atom. The van der Waals surface area contributed by atoms with Gasteiger partial charge in [0, 0.05) is 46.3 Å². The van der Waals surface area contributed by atoms with Crippen LogP contribution in [0.15, 0.2) is 206 Å². The second-order valence-corrected chi connectivity index (χ2v) is 19.7. The summed E-state index contributed by atoms with van der Waals surface area (Å²) in [4.78, 5) is 25.1. The number of halogens is 2. The SMILES string of the molecule is C1=CC=C(c2cc(-c3ccc4c(c3)c3cc(C5=CC(c6ccccn6)=IC(c6ccccc6)=N5)ccc3n4-c3cnc(-c4ccccc4)nc3)cc(-c3ccccc3)n2)I=C1. The summed E-state index contributed by atoms with van der Waals surface area (Å²) >= 11 is -0.851. The molecule has 0 N–H and O–H groups in total. The molecular weight excluding hydrogens is 974 g/mol. The molecule has 0 fully saturated rings. The van der Waals surface area contributed by atoms with Crippen molar-refractivity contribution < 1.29 is 0 Å². The number of hydrogen-bond donors (Lipinski definition) is 0. The monoisotopic (exact) mass is 1010 g/mol. The van der Waals surface area contributed by atoms with Crippen molar-refractivity contribution in [3.8, 4) is 39.5 Å². The zero-order chi connectivity index (χ0) is 40.5. The van der Waals surface area contributed by atoms with E-state index >= 15 is 0 Å². The lowest BCUT2D eigenvalue weighted by Gasteiger charge is -2.14. The number of benzene rings is 5. The van der Waals surface area contributed by atoms with Gasteiger partial charge in [0.25, 0.3) is 0 Å². The molecule has 2 aliphatic rings. The van der Waals surface area contributed by atoms with Crippen LogP contribution in [0.2, 0.25) is 0 Å². The minimum atomic E-state index is -0.566. The van der Waals surface area contributed by atoms with E-state index in [0.717, 1.165) is 87.4 Å². The van der Waals surface area contributed by atoms with E-state index in [0.29, 0.717) is 5.82 Å². The molecule has 290 valence electrons. The minimum Gasteiger partial charge on any atom is -0.306 e. The first kappa shape index (κ1) is 37.4. The summed E-state index contributed by atoms with van der Waals surface area (Å²) in [5.41, 5.74) is 13.5. The maximum absolute atomic E-state index is 5.38. The molecule has 9 aromatic rings. The average molecular weight is 1010 g/mol. The third-order valence-electron chi connectivity index (χ3n) is 10.7. The fourth-order valence-electron chi connectivity index (χ4n) is 7.73. The molecule has 0 spiro atoms. The largest absolute Gasteiger partial charge is 0.306 e. The summed E-state index contributed by atoms with van der Waals surface area (Å²) in [5, 5.41) is 2.25. The van der Waals surface area contributed by atoms with Gasteiger partial charge in [0.2, 0.25) is 0 Å². The van der Waals surface area contributed by atoms with E-state index in [-0.39, 0.29) is 20.7 Å². The molecule has 0 saturated heterocycles. The van der Waals surface area contributed by atoms with Crippen molar-refractivity contribution in [3.63, 3.8) is 0 Å². The molecule has 6 nitrogen and oxygen atoms in total. The van der Waals surface area contributed by atoms with Gasteiger partial charge in [-0.05, 0) is 75.8 Å². The Hall–Kier alpha value is -6.63. The number of aliphatic imine (C=N–C) groups is 1. The van der Waals surface area contributed by atoms with Crippen molar-refractivity contribution in [1.29, 1.82) is 0 Å². The van der Waals surface area contributed by atoms with Crippen LogP contribution in [0, 0.1) is 0 Å². The molecular formula is C53H34I2N6. The first-order chi connectivity index (χ1) is 30.2. The second kappa shape index (κ2) is 16.4. The van der Waals surface area contributed by atoms with Crippen LogP contribution < -0.4 is 0 Å². The van der Waals surface area contributed by atoms with Crippen LogP contribution in [-0.4, -0.2) is 35.7 Å². The van der Waals surface area contributed by atoms with Gasteiger partial charge in [-0.3, -0.25) is 4.98 Å². The van der Waals surface area contributed by atoms with Crippen molar-refractivity contribution in [1.82, 2.24) is 24.5 Å². The van der Waals surface area contributed by atoms with E-state index in [1.807, 2.05) is 55.0 Å². The maximum atomic E-state index is 5.38. The maximum Gasteiger partial charge on any atom is 0.159 e. The van der Waals surface area contributed by atoms with Crippen LogP contribution in [0.4, 0.5) is 0 Å². The van der Waals surface area contributed by atoms with E-state index < -0.39 is 20.7 Å². The molecule has 0 radical (unpaired) electrons. The minimum absolute atomic E-state index is 0.285. The number of hydrogen-bond acceptors (Lipinski definition) is 5. The van der Waals surface area contributed by atoms with E-state index in [1.54, 1.807) is 0 Å². The summed E-state index contributed by atoms with van der Waals surface area (Å²) in [6, 6.07) is 55.3. The van der Waals surface area contributed by atoms with Gasteiger partial charge in [0.1, 0.15) is 3.72 Å². The summed E-state index contributed by atoms with van der Waals surface area (Å²) in [6.45, 7) is 0. The lowest BCUT2D eigenvalue weighted by Crippen LogP contribution is -2.06. The van der Waals surface area contributed by atoms with Gasteiger partial charge in [0.15, 0.2) is 5.82 Å². The van der Waals surface area contributed by atoms with Crippen LogP contribution in [-0.2, 0) is 0 Å². The van der Waals surface area contributed by atoms with Gasteiger partial charge in [-0.15, -0.1) is 0 Å². The van der Waals surface area contributed by atoms with Gasteiger partial charge in [-0.25, -0.2) is 19.9 Å². The van der Waals surface area contributed by atoms with Crippen LogP contribution >= 0.6 is 41.5 Å². The molecule has 0 unspecified atom stereocenters. The zero-order valence-electron chi connectivity index (χ0n) is 32.6. The van der Waals surface area contributed by atoms with E-state index in [1.165, 1.54) is 7.09 Å². The smallest absolute Gasteiger partial charge is 0.159 e. The van der Waals surface area contributed by atoms with Gasteiger partial charge in [-0.2, -0.15) is 0 Å². The molecule has 11 rings (SSSR count). The van der Waals surface area contributed by atoms with Crippen molar-refractivity contribution in [2.24, 2.45) is 4.99 Å². The van der Waals surface area contributed by atoms with Crippen LogP contribution in [0.1, 0.15) is 22.5 Å². The normalized spacial score (nSPS) is 13.8. The Balaban J connectivity index is 1.11. The highest BCUT2D eigenvalue weighted by Gasteiger charge is 2.20. The van der Waals surface area contributed by atoms with E-state index in [9.17, 15) is 0 Å². The standard InChI is InChI=1S/C53H34I2N6/c1-4-14-35(15-5-1)47-30-40(31-49(59-47)44-20-10-12-26-54-44)38-22-24-50-42(28-38)43-29-39(23-25-51(43)61(50)41-33-57-53(58-34-41)37-18-8-3-9-19-37)48-32-45(46-21-11-13-27-56-46)55-52(60-48)36-16-6-2-7-17-36/h1-34H. The predicted molar refractivity (Wildman–Crippen MR) is 271 cm³/mol. The van der Waals surface area contributed by atoms with Crippen molar-refractivity contribution in [2.75, 3.05) is 0 Å². The number of nitrogens with zero attached hydrogens (tertiary/aromatic N) is 6. The average Bonchev–Trinajstić information content (AvgIpc) is 3.68. The van der Waals surface area contributed by atoms with Crippen molar-refractivity contribution in [3.05, 3.63) is 223 Å². The van der Waals surface area contributed by atoms with Gasteiger partial charge < -0.3 is 4.57 Å². The Bertz CT molecular complexity index is 3270. The lowest BCUT2D eigenvalue weighted by atomic mass is 9.99. The van der Waals surface area contributed by atoms with Gasteiger partial charge in [0.05, 0.1) is 51.9 Å². The third kappa shape index (κ3) is 7.46. The molecule has 0 bridgehead atoms. The van der Waals surface area contributed by atoms with Gasteiger partial charge in [-0.1, -0.05) is 163 Å². The fourth-order valence-corrected chi connectivity index (χ4v) is 12.2. The number of aromatic nitrogens is 5. The highest BCUT2D eigenvalue weighted by Crippen LogP contribution is 2.40. The Morgan fingerprint density at radius 2 is 1.15 bits per heavy atom. The molecule has 2 aliphatic heterocycles. The predicted octanol–water partition coefficient (Wildman–Crippen LogP) is 13.0. The summed E-state index contributed by atoms with van der Waals surface area (Å²) < 4.78 is 8.26. The topological polar surface area (TPSA) is 68.8 Å². The van der Waals surface area contributed by atoms with E-state index in [4.69, 9.17) is 24.9 Å². The summed E-state index contributed by atoms with van der Waals surface area (Å²) in [5.74, 6) is 0.695. The number of fused-ring (bicyclic) bond motifs is 3. The highest BCUT2D eigenvalue weighted by molar-refractivity contribution is 14.2. The molecule has 0 amide bonds. The molecule has 0 saturated carbocycles. The Morgan fingerprint density at radius 3 is 1.84 bits per heavy atom. The Kier molecular flexibility index (Phi) is 10.1. The molecule has 6 heterocycles. The first-order valence-corrected chi connectivity index (χ1v) is 24.4. The fraction of sp³-hybridized carbons (Fsp3) is 0. The lowest BCUT2D eigenvalue weighted by molar-refractivity contribution is 1.08. The number of allylic oxidation sites excluding steroid dienone is 4. The van der Waals surface area contributed by atoms with Gasteiger partial charge >= 0.3 is 0 Å². The van der Waals surface area contributed by atoms with Crippen molar-refractivity contribution >= 4 is 83.8 Å². The van der Waals surface area contributed by atoms with Crippen LogP contribution in [0.5, 0.6) is 0 Å². The molecule has 0 aliphatic carbocycles. The van der Waals surface area contributed by atoms with E-state index in [2.05, 4.69) is 154 Å². The Labute approximate surface area is 373 Å². The van der Waals surface area contributed by atoms with Crippen molar-refractivity contribution in [2.45, 2.75) is 0 Å². The quantitative estimate of drug-likeness (QED) is 0.142. The summed E-state index contributed by atoms with van der Waals surface area (Å²) in [7, 11) is 0. The summed E-state index contributed by atoms with van der Waals surface area (Å²) in [6.07, 6.45) is 14.5. The van der Waals surface area contributed by atoms with Crippen LogP contribution in [0.25, 0.3) is 70.5 Å². The zero-order valence-corrected chi connectivity index (χ0v) is 36.9. The first-order valence-electron chi connectivity index (χ1n) is 19.9. The molecule has 8 heteroatoms. The molecule has 4 aromatic heterocycles. The highest BCUT2D eigenvalue weighted by atomic mass is 127. The molecule has 61 heavy (non-hydrogen) atoms. The number of pyridine rings is 2. The molecule has 0 atom stereocenters. The van der Waals surface area contributed by atoms with Crippen LogP contribution in [0.3, 0.4) is 0 Å².